The third-order valence-electron chi connectivity index (χ3n) is 5.17. The topological polar surface area (TPSA) is 97.8 Å². The summed E-state index contributed by atoms with van der Waals surface area (Å²) in [5.74, 6) is 0.347. The second-order valence-electron chi connectivity index (χ2n) is 6.87. The number of imidazole rings is 1. The van der Waals surface area contributed by atoms with Crippen LogP contribution in [0.2, 0.25) is 0 Å². The number of nitrogens with one attached hydrogen (secondary N) is 1. The van der Waals surface area contributed by atoms with Crippen LogP contribution in [0.25, 0.3) is 11.2 Å². The number of hydrogen-bond donors (Lipinski definition) is 1. The summed E-state index contributed by atoms with van der Waals surface area (Å²) in [5.41, 5.74) is 3.25. The predicted octanol–water partition coefficient (Wildman–Crippen LogP) is 3.01. The second kappa shape index (κ2) is 7.44. The maximum Gasteiger partial charge on any atom is 0.332 e. The Bertz CT molecular complexity index is 1120. The minimum absolute atomic E-state index is 0.167. The fraction of sp³-hybridized carbons (Fsp3) is 0.400. The van der Waals surface area contributed by atoms with Gasteiger partial charge in [-0.15, -0.1) is 0 Å². The molecule has 0 aliphatic carbocycles. The first-order valence-electron chi connectivity index (χ1n) is 9.48. The van der Waals surface area contributed by atoms with Gasteiger partial charge >= 0.3 is 5.69 Å². The first-order valence-corrected chi connectivity index (χ1v) is 9.48. The van der Waals surface area contributed by atoms with Crippen LogP contribution in [0.15, 0.2) is 29.2 Å². The van der Waals surface area contributed by atoms with Crippen molar-refractivity contribution < 1.29 is 4.74 Å². The van der Waals surface area contributed by atoms with E-state index < -0.39 is 0 Å². The number of aryl methyl sites for hydroxylation is 2. The van der Waals surface area contributed by atoms with E-state index in [4.69, 9.17) is 4.74 Å². The third-order valence-corrected chi connectivity index (χ3v) is 5.17. The van der Waals surface area contributed by atoms with Crippen molar-refractivity contribution in [1.29, 1.82) is 5.26 Å². The summed E-state index contributed by atoms with van der Waals surface area (Å²) in [5, 5.41) is 12.6. The molecular formula is C20H22N6O2. The second-order valence-corrected chi connectivity index (χ2v) is 6.87. The van der Waals surface area contributed by atoms with Gasteiger partial charge in [-0.3, -0.25) is 4.57 Å². The number of fused-ring (bicyclic) bond motifs is 1. The smallest absolute Gasteiger partial charge is 0.332 e. The van der Waals surface area contributed by atoms with Crippen LogP contribution in [0.1, 0.15) is 43.5 Å². The van der Waals surface area contributed by atoms with Crippen LogP contribution in [0.5, 0.6) is 0 Å². The molecule has 8 nitrogen and oxygen atoms in total. The molecular weight excluding hydrogens is 356 g/mol. The van der Waals surface area contributed by atoms with Gasteiger partial charge in [-0.25, -0.2) is 14.3 Å². The van der Waals surface area contributed by atoms with Crippen molar-refractivity contribution in [3.05, 3.63) is 46.0 Å². The van der Waals surface area contributed by atoms with E-state index in [1.807, 2.05) is 19.1 Å². The van der Waals surface area contributed by atoms with Crippen LogP contribution in [0, 0.1) is 11.3 Å². The Kier molecular flexibility index (Phi) is 4.84. The number of aromatic nitrogens is 4. The van der Waals surface area contributed by atoms with Crippen LogP contribution in [0.4, 0.5) is 11.6 Å². The molecule has 0 amide bonds. The van der Waals surface area contributed by atoms with Gasteiger partial charge < -0.3 is 10.1 Å². The first kappa shape index (κ1) is 18.2. The number of nitriles is 1. The maximum atomic E-state index is 12.8. The fourth-order valence-corrected chi connectivity index (χ4v) is 3.63. The zero-order valence-corrected chi connectivity index (χ0v) is 16.0. The number of rotatable bonds is 4. The largest absolute Gasteiger partial charge is 0.358 e. The maximum absolute atomic E-state index is 12.8. The van der Waals surface area contributed by atoms with Crippen LogP contribution < -0.4 is 11.0 Å². The van der Waals surface area contributed by atoms with Crippen LogP contribution in [-0.2, 0) is 18.2 Å². The molecule has 1 aliphatic heterocycles. The zero-order chi connectivity index (χ0) is 19.7. The van der Waals surface area contributed by atoms with Gasteiger partial charge in [-0.1, -0.05) is 19.1 Å². The van der Waals surface area contributed by atoms with E-state index in [0.717, 1.165) is 31.2 Å². The Morgan fingerprint density at radius 2 is 2.25 bits per heavy atom. The highest BCUT2D eigenvalue weighted by Gasteiger charge is 2.23. The molecule has 1 unspecified atom stereocenters. The molecule has 1 atom stereocenters. The minimum Gasteiger partial charge on any atom is -0.358 e. The van der Waals surface area contributed by atoms with E-state index in [-0.39, 0.29) is 11.9 Å². The molecule has 1 saturated heterocycles. The van der Waals surface area contributed by atoms with Crippen molar-refractivity contribution >= 4 is 22.8 Å². The SMILES string of the molecule is CCc1cccc(C#N)c1Nc1ncc2c(n1)n(C1CCCCO1)c(=O)n2C. The molecule has 0 spiro atoms. The van der Waals surface area contributed by atoms with Crippen LogP contribution in [0.3, 0.4) is 0 Å². The van der Waals surface area contributed by atoms with Gasteiger partial charge in [0, 0.05) is 13.7 Å². The number of benzene rings is 1. The summed E-state index contributed by atoms with van der Waals surface area (Å²) in [6.45, 7) is 2.67. The van der Waals surface area contributed by atoms with Crippen molar-refractivity contribution in [3.8, 4) is 6.07 Å². The lowest BCUT2D eigenvalue weighted by molar-refractivity contribution is -0.0319. The quantitative estimate of drug-likeness (QED) is 0.749. The molecule has 1 aromatic carbocycles. The highest BCUT2D eigenvalue weighted by Crippen LogP contribution is 2.27. The van der Waals surface area contributed by atoms with E-state index in [9.17, 15) is 10.1 Å². The molecule has 0 radical (unpaired) electrons. The Hall–Kier alpha value is -3.18. The molecule has 2 aromatic heterocycles. The molecule has 3 heterocycles. The number of para-hydroxylation sites is 1. The van der Waals surface area contributed by atoms with Crippen molar-refractivity contribution in [3.63, 3.8) is 0 Å². The fourth-order valence-electron chi connectivity index (χ4n) is 3.63. The summed E-state index contributed by atoms with van der Waals surface area (Å²) in [6, 6.07) is 7.80. The molecule has 0 bridgehead atoms. The summed E-state index contributed by atoms with van der Waals surface area (Å²) in [6.07, 6.45) is 4.88. The highest BCUT2D eigenvalue weighted by atomic mass is 16.5. The Labute approximate surface area is 162 Å². The summed E-state index contributed by atoms with van der Waals surface area (Å²) >= 11 is 0. The normalized spacial score (nSPS) is 16.8. The van der Waals surface area contributed by atoms with E-state index >= 15 is 0 Å². The van der Waals surface area contributed by atoms with Gasteiger partial charge in [0.25, 0.3) is 0 Å². The van der Waals surface area contributed by atoms with Crippen molar-refractivity contribution in [2.75, 3.05) is 11.9 Å². The van der Waals surface area contributed by atoms with Gasteiger partial charge in [0.1, 0.15) is 17.8 Å². The van der Waals surface area contributed by atoms with Gasteiger partial charge in [-0.05, 0) is 37.3 Å². The van der Waals surface area contributed by atoms with Gasteiger partial charge in [-0.2, -0.15) is 10.2 Å². The average molecular weight is 378 g/mol. The summed E-state index contributed by atoms with van der Waals surface area (Å²) in [7, 11) is 1.71. The lowest BCUT2D eigenvalue weighted by Gasteiger charge is -2.23. The highest BCUT2D eigenvalue weighted by molar-refractivity contribution is 5.74. The minimum atomic E-state index is -0.315. The monoisotopic (exact) mass is 378 g/mol. The molecule has 1 aliphatic rings. The van der Waals surface area contributed by atoms with Crippen LogP contribution >= 0.6 is 0 Å². The standard InChI is InChI=1S/C20H22N6O2/c1-3-13-7-6-8-14(11-21)17(13)23-19-22-12-15-18(24-19)26(20(27)25(15)2)16-9-4-5-10-28-16/h6-8,12,16H,3-5,9-10H2,1-2H3,(H,22,23,24). The molecule has 1 N–H and O–H groups in total. The first-order chi connectivity index (χ1) is 13.6. The van der Waals surface area contributed by atoms with E-state index in [1.165, 1.54) is 4.57 Å². The molecule has 28 heavy (non-hydrogen) atoms. The summed E-state index contributed by atoms with van der Waals surface area (Å²) in [4.78, 5) is 21.7. The summed E-state index contributed by atoms with van der Waals surface area (Å²) < 4.78 is 8.97. The van der Waals surface area contributed by atoms with Crippen molar-refractivity contribution in [2.24, 2.45) is 7.05 Å². The molecule has 3 aromatic rings. The van der Waals surface area contributed by atoms with Gasteiger partial charge in [0.2, 0.25) is 5.95 Å². The van der Waals surface area contributed by atoms with E-state index in [2.05, 4.69) is 21.4 Å². The van der Waals surface area contributed by atoms with Crippen molar-refractivity contribution in [2.45, 2.75) is 38.8 Å². The Balaban J connectivity index is 1.81. The Morgan fingerprint density at radius 3 is 2.96 bits per heavy atom. The van der Waals surface area contributed by atoms with Crippen LogP contribution in [-0.4, -0.2) is 25.7 Å². The Morgan fingerprint density at radius 1 is 1.39 bits per heavy atom. The predicted molar refractivity (Wildman–Crippen MR) is 105 cm³/mol. The number of ether oxygens (including phenoxy) is 1. The number of hydrogen-bond acceptors (Lipinski definition) is 6. The van der Waals surface area contributed by atoms with Crippen molar-refractivity contribution in [1.82, 2.24) is 19.1 Å². The van der Waals surface area contributed by atoms with E-state index in [0.29, 0.717) is 35.0 Å². The molecule has 8 heteroatoms. The number of nitrogens with zero attached hydrogens (tertiary/aromatic N) is 5. The lowest BCUT2D eigenvalue weighted by atomic mass is 10.1. The lowest BCUT2D eigenvalue weighted by Crippen LogP contribution is -2.29. The third kappa shape index (κ3) is 3.04. The van der Waals surface area contributed by atoms with Gasteiger partial charge in [0.15, 0.2) is 5.65 Å². The average Bonchev–Trinajstić information content (AvgIpc) is 2.98. The van der Waals surface area contributed by atoms with E-state index in [1.54, 1.807) is 23.9 Å². The zero-order valence-electron chi connectivity index (χ0n) is 16.0. The molecule has 0 saturated carbocycles. The molecule has 4 rings (SSSR count). The molecule has 1 fully saturated rings. The van der Waals surface area contributed by atoms with Gasteiger partial charge in [0.05, 0.1) is 17.4 Å². The molecule has 144 valence electrons. The number of anilines is 2.